The Hall–Kier alpha value is -1.45. The maximum Gasteiger partial charge on any atom is 0.215 e. The van der Waals surface area contributed by atoms with Crippen LogP contribution < -0.4 is 16.2 Å². The van der Waals surface area contributed by atoms with Crippen LogP contribution in [-0.2, 0) is 0 Å². The molecule has 0 saturated carbocycles. The van der Waals surface area contributed by atoms with Crippen LogP contribution in [0.2, 0.25) is 0 Å². The zero-order valence-electron chi connectivity index (χ0n) is 6.37. The van der Waals surface area contributed by atoms with Gasteiger partial charge >= 0.3 is 0 Å². The lowest BCUT2D eigenvalue weighted by Gasteiger charge is -2.03. The van der Waals surface area contributed by atoms with E-state index in [4.69, 9.17) is 16.2 Å². The third-order valence-electron chi connectivity index (χ3n) is 1.24. The molecule has 4 heteroatoms. The van der Waals surface area contributed by atoms with E-state index in [0.717, 1.165) is 0 Å². The number of ether oxygens (including phenoxy) is 1. The van der Waals surface area contributed by atoms with Crippen molar-refractivity contribution in [2.24, 2.45) is 0 Å². The van der Waals surface area contributed by atoms with Gasteiger partial charge in [-0.1, -0.05) is 0 Å². The van der Waals surface area contributed by atoms with E-state index in [1.54, 1.807) is 6.07 Å². The summed E-state index contributed by atoms with van der Waals surface area (Å²) in [4.78, 5) is 3.90. The van der Waals surface area contributed by atoms with Gasteiger partial charge in [0.15, 0.2) is 0 Å². The summed E-state index contributed by atoms with van der Waals surface area (Å²) >= 11 is 0. The van der Waals surface area contributed by atoms with Gasteiger partial charge in [-0.3, -0.25) is 0 Å². The minimum atomic E-state index is 0.480. The van der Waals surface area contributed by atoms with Crippen LogP contribution in [0, 0.1) is 0 Å². The van der Waals surface area contributed by atoms with Gasteiger partial charge in [0.05, 0.1) is 24.2 Å². The summed E-state index contributed by atoms with van der Waals surface area (Å²) in [6.45, 7) is 2.46. The largest absolute Gasteiger partial charge is 0.478 e. The summed E-state index contributed by atoms with van der Waals surface area (Å²) in [7, 11) is 0. The fourth-order valence-electron chi connectivity index (χ4n) is 0.688. The molecule has 0 fully saturated rings. The quantitative estimate of drug-likeness (QED) is 0.654. The fourth-order valence-corrected chi connectivity index (χ4v) is 0.688. The molecule has 0 aliphatic rings. The first-order valence-corrected chi connectivity index (χ1v) is 3.38. The number of nitrogens with zero attached hydrogens (tertiary/aromatic N) is 1. The first kappa shape index (κ1) is 7.65. The number of hydrogen-bond acceptors (Lipinski definition) is 4. The Bertz CT molecular complexity index is 249. The Morgan fingerprint density at radius 1 is 1.45 bits per heavy atom. The number of hydrogen-bond donors (Lipinski definition) is 2. The van der Waals surface area contributed by atoms with Crippen molar-refractivity contribution in [2.75, 3.05) is 18.1 Å². The Balaban J connectivity index is 2.86. The molecule has 4 N–H and O–H groups in total. The number of nitrogens with two attached hydrogens (primary N) is 2. The molecular formula is C7H11N3O. The van der Waals surface area contributed by atoms with Crippen LogP contribution in [0.3, 0.4) is 0 Å². The predicted molar refractivity (Wildman–Crippen MR) is 44.2 cm³/mol. The zero-order valence-corrected chi connectivity index (χ0v) is 6.37. The molecule has 0 spiro atoms. The molecule has 0 bridgehead atoms. The number of pyridine rings is 1. The van der Waals surface area contributed by atoms with Crippen LogP contribution >= 0.6 is 0 Å². The average molecular weight is 153 g/mol. The molecule has 0 aliphatic carbocycles. The van der Waals surface area contributed by atoms with Crippen molar-refractivity contribution < 1.29 is 4.74 Å². The van der Waals surface area contributed by atoms with Gasteiger partial charge in [-0.15, -0.1) is 0 Å². The normalized spacial score (nSPS) is 9.55. The second-order valence-corrected chi connectivity index (χ2v) is 2.08. The summed E-state index contributed by atoms with van der Waals surface area (Å²) in [5.74, 6) is 0.513. The standard InChI is InChI=1S/C7H11N3O/c1-2-11-7-3-5(8)6(9)4-10-7/h3-4H,2,9H2,1H3,(H2,8,10). The first-order valence-electron chi connectivity index (χ1n) is 3.38. The highest BCUT2D eigenvalue weighted by Gasteiger charge is 1.97. The van der Waals surface area contributed by atoms with Crippen molar-refractivity contribution in [3.8, 4) is 5.88 Å². The van der Waals surface area contributed by atoms with E-state index in [1.807, 2.05) is 6.92 Å². The molecule has 0 aromatic carbocycles. The van der Waals surface area contributed by atoms with Crippen molar-refractivity contribution in [1.82, 2.24) is 4.98 Å². The molecule has 1 heterocycles. The first-order chi connectivity index (χ1) is 5.24. The van der Waals surface area contributed by atoms with Crippen molar-refractivity contribution in [3.05, 3.63) is 12.3 Å². The van der Waals surface area contributed by atoms with E-state index in [-0.39, 0.29) is 0 Å². The second kappa shape index (κ2) is 3.09. The van der Waals surface area contributed by atoms with Gasteiger partial charge in [0.1, 0.15) is 0 Å². The molecule has 1 aromatic heterocycles. The van der Waals surface area contributed by atoms with Crippen molar-refractivity contribution in [1.29, 1.82) is 0 Å². The van der Waals surface area contributed by atoms with Crippen LogP contribution in [0.1, 0.15) is 6.92 Å². The molecule has 60 valence electrons. The molecule has 0 amide bonds. The fraction of sp³-hybridized carbons (Fsp3) is 0.286. The minimum absolute atomic E-state index is 0.480. The molecule has 1 rings (SSSR count). The van der Waals surface area contributed by atoms with Crippen LogP contribution in [0.15, 0.2) is 12.3 Å². The lowest BCUT2D eigenvalue weighted by atomic mass is 10.3. The van der Waals surface area contributed by atoms with E-state index >= 15 is 0 Å². The molecule has 0 saturated heterocycles. The lowest BCUT2D eigenvalue weighted by Crippen LogP contribution is -1.99. The molecule has 11 heavy (non-hydrogen) atoms. The van der Waals surface area contributed by atoms with Gasteiger partial charge in [0.2, 0.25) is 5.88 Å². The molecule has 0 atom stereocenters. The van der Waals surface area contributed by atoms with Gasteiger partial charge < -0.3 is 16.2 Å². The minimum Gasteiger partial charge on any atom is -0.478 e. The molecule has 0 aliphatic heterocycles. The van der Waals surface area contributed by atoms with E-state index in [1.165, 1.54) is 6.20 Å². The van der Waals surface area contributed by atoms with Gasteiger partial charge in [-0.25, -0.2) is 4.98 Å². The second-order valence-electron chi connectivity index (χ2n) is 2.08. The molecule has 4 nitrogen and oxygen atoms in total. The monoisotopic (exact) mass is 153 g/mol. The Labute approximate surface area is 65.2 Å². The highest BCUT2D eigenvalue weighted by atomic mass is 16.5. The summed E-state index contributed by atoms with van der Waals surface area (Å²) in [6.07, 6.45) is 1.49. The summed E-state index contributed by atoms with van der Waals surface area (Å²) < 4.78 is 5.10. The van der Waals surface area contributed by atoms with Gasteiger partial charge in [0, 0.05) is 6.07 Å². The van der Waals surface area contributed by atoms with Gasteiger partial charge in [0.25, 0.3) is 0 Å². The van der Waals surface area contributed by atoms with Gasteiger partial charge in [-0.2, -0.15) is 0 Å². The summed E-state index contributed by atoms with van der Waals surface area (Å²) in [6, 6.07) is 1.61. The summed E-state index contributed by atoms with van der Waals surface area (Å²) in [5.41, 5.74) is 11.9. The van der Waals surface area contributed by atoms with Crippen molar-refractivity contribution in [2.45, 2.75) is 6.92 Å². The third-order valence-corrected chi connectivity index (χ3v) is 1.24. The third kappa shape index (κ3) is 1.73. The molecule has 0 radical (unpaired) electrons. The van der Waals surface area contributed by atoms with Crippen LogP contribution in [-0.4, -0.2) is 11.6 Å². The van der Waals surface area contributed by atoms with Crippen LogP contribution in [0.4, 0.5) is 11.4 Å². The average Bonchev–Trinajstić information content (AvgIpc) is 1.98. The smallest absolute Gasteiger partial charge is 0.215 e. The van der Waals surface area contributed by atoms with Crippen LogP contribution in [0.25, 0.3) is 0 Å². The summed E-state index contributed by atoms with van der Waals surface area (Å²) in [5, 5.41) is 0. The highest BCUT2D eigenvalue weighted by molar-refractivity contribution is 5.62. The van der Waals surface area contributed by atoms with E-state index in [9.17, 15) is 0 Å². The number of aromatic nitrogens is 1. The topological polar surface area (TPSA) is 74.2 Å². The van der Waals surface area contributed by atoms with E-state index in [2.05, 4.69) is 4.98 Å². The van der Waals surface area contributed by atoms with Crippen molar-refractivity contribution in [3.63, 3.8) is 0 Å². The maximum absolute atomic E-state index is 5.51. The zero-order chi connectivity index (χ0) is 8.27. The maximum atomic E-state index is 5.51. The lowest BCUT2D eigenvalue weighted by molar-refractivity contribution is 0.327. The number of rotatable bonds is 2. The SMILES string of the molecule is CCOc1cc(N)c(N)cn1. The predicted octanol–water partition coefficient (Wildman–Crippen LogP) is 0.645. The van der Waals surface area contributed by atoms with Crippen LogP contribution in [0.5, 0.6) is 5.88 Å². The highest BCUT2D eigenvalue weighted by Crippen LogP contribution is 2.17. The van der Waals surface area contributed by atoms with E-state index < -0.39 is 0 Å². The Kier molecular flexibility index (Phi) is 2.15. The Morgan fingerprint density at radius 3 is 2.73 bits per heavy atom. The number of anilines is 2. The number of nitrogen functional groups attached to an aromatic ring is 2. The molecule has 1 aromatic rings. The Morgan fingerprint density at radius 2 is 2.18 bits per heavy atom. The van der Waals surface area contributed by atoms with Gasteiger partial charge in [-0.05, 0) is 6.92 Å². The molecule has 0 unspecified atom stereocenters. The van der Waals surface area contributed by atoms with E-state index in [0.29, 0.717) is 23.9 Å². The molecular weight excluding hydrogens is 142 g/mol. The van der Waals surface area contributed by atoms with Crippen molar-refractivity contribution >= 4 is 11.4 Å².